The minimum atomic E-state index is 0.382. The van der Waals surface area contributed by atoms with Crippen LogP contribution in [0.5, 0.6) is 11.5 Å². The van der Waals surface area contributed by atoms with Crippen LogP contribution >= 0.6 is 23.2 Å². The van der Waals surface area contributed by atoms with E-state index in [4.69, 9.17) is 32.7 Å². The Hall–Kier alpha value is -2.73. The molecule has 1 heterocycles. The van der Waals surface area contributed by atoms with Crippen molar-refractivity contribution in [2.45, 2.75) is 26.0 Å². The van der Waals surface area contributed by atoms with Crippen LogP contribution in [0.3, 0.4) is 0 Å². The van der Waals surface area contributed by atoms with Gasteiger partial charge in [0.1, 0.15) is 12.4 Å². The molecule has 0 unspecified atom stereocenters. The highest BCUT2D eigenvalue weighted by molar-refractivity contribution is 6.32. The number of rotatable bonds is 10. The predicted molar refractivity (Wildman–Crippen MR) is 130 cm³/mol. The van der Waals surface area contributed by atoms with E-state index in [0.717, 1.165) is 47.4 Å². The molecule has 32 heavy (non-hydrogen) atoms. The third-order valence-electron chi connectivity index (χ3n) is 5.12. The summed E-state index contributed by atoms with van der Waals surface area (Å²) in [4.78, 5) is 7.98. The second kappa shape index (κ2) is 10.7. The van der Waals surface area contributed by atoms with Gasteiger partial charge in [-0.3, -0.25) is 0 Å². The molecule has 7 heteroatoms. The predicted octanol–water partition coefficient (Wildman–Crippen LogP) is 6.18. The Morgan fingerprint density at radius 2 is 1.81 bits per heavy atom. The van der Waals surface area contributed by atoms with Gasteiger partial charge in [0.15, 0.2) is 11.5 Å². The Morgan fingerprint density at radius 1 is 1.00 bits per heavy atom. The van der Waals surface area contributed by atoms with E-state index in [1.807, 2.05) is 60.7 Å². The number of methoxy groups -OCH3 is 1. The number of imidazole rings is 1. The summed E-state index contributed by atoms with van der Waals surface area (Å²) in [5.74, 6) is 2.17. The normalized spacial score (nSPS) is 11.1. The lowest BCUT2D eigenvalue weighted by Crippen LogP contribution is -2.15. The van der Waals surface area contributed by atoms with Gasteiger partial charge in [0, 0.05) is 18.0 Å². The molecule has 166 valence electrons. The first-order valence-electron chi connectivity index (χ1n) is 10.5. The van der Waals surface area contributed by atoms with Crippen LogP contribution in [0.25, 0.3) is 11.0 Å². The molecule has 0 radical (unpaired) electrons. The molecule has 2 N–H and O–H groups in total. The number of hydrogen-bond acceptors (Lipinski definition) is 4. The van der Waals surface area contributed by atoms with E-state index < -0.39 is 0 Å². The zero-order valence-electron chi connectivity index (χ0n) is 17.8. The summed E-state index contributed by atoms with van der Waals surface area (Å²) in [7, 11) is 1.62. The van der Waals surface area contributed by atoms with E-state index in [-0.39, 0.29) is 0 Å². The average molecular weight is 470 g/mol. The number of aromatic amines is 1. The molecule has 4 rings (SSSR count). The number of aromatic nitrogens is 2. The van der Waals surface area contributed by atoms with Crippen LogP contribution in [0.4, 0.5) is 0 Å². The van der Waals surface area contributed by atoms with Crippen LogP contribution in [0.1, 0.15) is 23.4 Å². The van der Waals surface area contributed by atoms with Gasteiger partial charge in [-0.1, -0.05) is 47.5 Å². The molecule has 0 bridgehead atoms. The monoisotopic (exact) mass is 469 g/mol. The van der Waals surface area contributed by atoms with Gasteiger partial charge in [0.25, 0.3) is 0 Å². The molecule has 1 aromatic heterocycles. The molecule has 0 atom stereocenters. The number of fused-ring (bicyclic) bond motifs is 1. The number of benzene rings is 3. The number of aryl methyl sites for hydroxylation is 1. The fraction of sp³-hybridized carbons (Fsp3) is 0.240. The Labute approximate surface area is 197 Å². The maximum atomic E-state index is 6.50. The van der Waals surface area contributed by atoms with E-state index in [9.17, 15) is 0 Å². The number of halogens is 2. The number of ether oxygens (including phenoxy) is 2. The highest BCUT2D eigenvalue weighted by atomic mass is 35.5. The maximum absolute atomic E-state index is 6.50. The van der Waals surface area contributed by atoms with Crippen molar-refractivity contribution in [3.63, 3.8) is 0 Å². The van der Waals surface area contributed by atoms with Crippen molar-refractivity contribution in [2.24, 2.45) is 0 Å². The van der Waals surface area contributed by atoms with Crippen molar-refractivity contribution in [1.29, 1.82) is 0 Å². The number of H-pyrrole nitrogens is 1. The molecule has 0 aliphatic carbocycles. The smallest absolute Gasteiger partial charge is 0.180 e. The summed E-state index contributed by atoms with van der Waals surface area (Å²) in [6, 6.07) is 19.5. The van der Waals surface area contributed by atoms with Gasteiger partial charge in [0.2, 0.25) is 0 Å². The topological polar surface area (TPSA) is 59.2 Å². The lowest BCUT2D eigenvalue weighted by Gasteiger charge is -2.15. The highest BCUT2D eigenvalue weighted by Crippen LogP contribution is 2.37. The van der Waals surface area contributed by atoms with Gasteiger partial charge >= 0.3 is 0 Å². The number of hydrogen-bond donors (Lipinski definition) is 2. The molecule has 0 spiro atoms. The molecule has 0 saturated carbocycles. The summed E-state index contributed by atoms with van der Waals surface area (Å²) < 4.78 is 11.4. The van der Waals surface area contributed by atoms with Gasteiger partial charge < -0.3 is 19.8 Å². The summed E-state index contributed by atoms with van der Waals surface area (Å²) in [5, 5.41) is 4.68. The lowest BCUT2D eigenvalue weighted by atomic mass is 10.2. The van der Waals surface area contributed by atoms with Crippen LogP contribution in [-0.2, 0) is 19.6 Å². The molecule has 4 aromatic rings. The number of nitrogens with zero attached hydrogens (tertiary/aromatic N) is 1. The molecular formula is C25H25Cl2N3O2. The molecule has 0 aliphatic heterocycles. The van der Waals surface area contributed by atoms with Crippen LogP contribution in [0.15, 0.2) is 60.7 Å². The summed E-state index contributed by atoms with van der Waals surface area (Å²) in [6.45, 7) is 1.94. The molecule has 5 nitrogen and oxygen atoms in total. The fourth-order valence-electron chi connectivity index (χ4n) is 3.49. The highest BCUT2D eigenvalue weighted by Gasteiger charge is 2.12. The van der Waals surface area contributed by atoms with Crippen molar-refractivity contribution >= 4 is 34.2 Å². The van der Waals surface area contributed by atoms with Gasteiger partial charge in [0.05, 0.1) is 23.2 Å². The van der Waals surface area contributed by atoms with Crippen LogP contribution in [-0.4, -0.2) is 23.6 Å². The third-order valence-corrected chi connectivity index (χ3v) is 5.65. The zero-order chi connectivity index (χ0) is 22.3. The van der Waals surface area contributed by atoms with E-state index in [2.05, 4.69) is 15.3 Å². The number of nitrogens with one attached hydrogen (secondary N) is 2. The average Bonchev–Trinajstić information content (AvgIpc) is 3.22. The van der Waals surface area contributed by atoms with Gasteiger partial charge in [-0.15, -0.1) is 0 Å². The summed E-state index contributed by atoms with van der Waals surface area (Å²) in [6.07, 6.45) is 1.87. The van der Waals surface area contributed by atoms with Crippen LogP contribution in [0, 0.1) is 0 Å². The summed E-state index contributed by atoms with van der Waals surface area (Å²) >= 11 is 12.4. The quantitative estimate of drug-likeness (QED) is 0.272. The number of para-hydroxylation sites is 2. The fourth-order valence-corrected chi connectivity index (χ4v) is 3.90. The van der Waals surface area contributed by atoms with Gasteiger partial charge in [-0.25, -0.2) is 4.98 Å². The summed E-state index contributed by atoms with van der Waals surface area (Å²) in [5.41, 5.74) is 4.13. The minimum absolute atomic E-state index is 0.382. The molecule has 0 aliphatic rings. The van der Waals surface area contributed by atoms with E-state index in [0.29, 0.717) is 34.7 Å². The Kier molecular flexibility index (Phi) is 7.53. The third kappa shape index (κ3) is 5.74. The van der Waals surface area contributed by atoms with Crippen molar-refractivity contribution in [3.8, 4) is 11.5 Å². The Bertz CT molecular complexity index is 1140. The molecular weight excluding hydrogens is 445 g/mol. The molecule has 0 fully saturated rings. The Morgan fingerprint density at radius 3 is 2.59 bits per heavy atom. The SMILES string of the molecule is COc1cc(CNCCCc2nc3ccccc3[nH]2)cc(Cl)c1OCc1ccc(Cl)cc1. The van der Waals surface area contributed by atoms with Crippen molar-refractivity contribution in [3.05, 3.63) is 87.7 Å². The second-order valence-corrected chi connectivity index (χ2v) is 8.35. The standard InChI is InChI=1S/C25H25Cl2N3O2/c1-31-23-14-18(13-20(27)25(23)32-16-17-8-10-19(26)11-9-17)15-28-12-4-7-24-29-21-5-2-3-6-22(21)30-24/h2-3,5-6,8-11,13-14,28H,4,7,12,15-16H2,1H3,(H,29,30). The van der Waals surface area contributed by atoms with E-state index in [1.54, 1.807) is 7.11 Å². The van der Waals surface area contributed by atoms with Gasteiger partial charge in [-0.05, 0) is 60.5 Å². The van der Waals surface area contributed by atoms with Gasteiger partial charge in [-0.2, -0.15) is 0 Å². The van der Waals surface area contributed by atoms with Crippen LogP contribution < -0.4 is 14.8 Å². The van der Waals surface area contributed by atoms with E-state index >= 15 is 0 Å². The molecule has 3 aromatic carbocycles. The first kappa shape index (κ1) is 22.5. The molecule has 0 saturated heterocycles. The van der Waals surface area contributed by atoms with Crippen LogP contribution in [0.2, 0.25) is 10.0 Å². The lowest BCUT2D eigenvalue weighted by molar-refractivity contribution is 0.284. The Balaban J connectivity index is 1.28. The van der Waals surface area contributed by atoms with Crippen molar-refractivity contribution in [1.82, 2.24) is 15.3 Å². The molecule has 0 amide bonds. The van der Waals surface area contributed by atoms with E-state index in [1.165, 1.54) is 0 Å². The van der Waals surface area contributed by atoms with Crippen molar-refractivity contribution < 1.29 is 9.47 Å². The largest absolute Gasteiger partial charge is 0.493 e. The minimum Gasteiger partial charge on any atom is -0.493 e. The maximum Gasteiger partial charge on any atom is 0.180 e. The zero-order valence-corrected chi connectivity index (χ0v) is 19.3. The second-order valence-electron chi connectivity index (χ2n) is 7.51. The first-order valence-corrected chi connectivity index (χ1v) is 11.3. The first-order chi connectivity index (χ1) is 15.6. The van der Waals surface area contributed by atoms with Crippen molar-refractivity contribution in [2.75, 3.05) is 13.7 Å².